The zero-order valence-corrected chi connectivity index (χ0v) is 14.4. The Balaban J connectivity index is 3.13. The predicted octanol–water partition coefficient (Wildman–Crippen LogP) is 2.43. The molecule has 1 aromatic rings. The maximum atomic E-state index is 11.0. The quantitative estimate of drug-likeness (QED) is 0.701. The molecule has 0 aliphatic heterocycles. The van der Waals surface area contributed by atoms with Crippen molar-refractivity contribution in [1.82, 2.24) is 0 Å². The first-order valence-electron chi connectivity index (χ1n) is 6.94. The second-order valence-electron chi connectivity index (χ2n) is 4.99. The van der Waals surface area contributed by atoms with Gasteiger partial charge in [0.2, 0.25) is 0 Å². The molecule has 0 bridgehead atoms. The number of nitrogens with two attached hydrogens (primary N) is 1. The number of halogens is 1. The lowest BCUT2D eigenvalue weighted by Crippen LogP contribution is -2.34. The number of rotatable bonds is 8. The van der Waals surface area contributed by atoms with Crippen LogP contribution in [0.2, 0.25) is 5.02 Å². The highest BCUT2D eigenvalue weighted by Gasteiger charge is 2.30. The van der Waals surface area contributed by atoms with Gasteiger partial charge in [0, 0.05) is 5.02 Å². The molecule has 0 amide bonds. The Kier molecular flexibility index (Phi) is 6.79. The summed E-state index contributed by atoms with van der Waals surface area (Å²) in [6.07, 6.45) is -0.133. The van der Waals surface area contributed by atoms with E-state index in [9.17, 15) is 13.5 Å². The van der Waals surface area contributed by atoms with Gasteiger partial charge in [0.15, 0.2) is 5.79 Å². The van der Waals surface area contributed by atoms with Crippen LogP contribution in [0.4, 0.5) is 0 Å². The van der Waals surface area contributed by atoms with Gasteiger partial charge in [-0.05, 0) is 37.0 Å². The summed E-state index contributed by atoms with van der Waals surface area (Å²) in [7, 11) is -4.11. The van der Waals surface area contributed by atoms with Gasteiger partial charge in [0.25, 0.3) is 0 Å². The Morgan fingerprint density at radius 3 is 2.45 bits per heavy atom. The van der Waals surface area contributed by atoms with Crippen LogP contribution in [0.3, 0.4) is 0 Å². The summed E-state index contributed by atoms with van der Waals surface area (Å²) in [5.74, 6) is -1.39. The first-order chi connectivity index (χ1) is 10.1. The molecule has 126 valence electrons. The normalized spacial score (nSPS) is 14.1. The minimum absolute atomic E-state index is 0.342. The predicted molar refractivity (Wildman–Crippen MR) is 84.6 cm³/mol. The minimum Gasteiger partial charge on any atom is -0.365 e. The van der Waals surface area contributed by atoms with Gasteiger partial charge >= 0.3 is 10.3 Å². The summed E-state index contributed by atoms with van der Waals surface area (Å²) >= 11 is 6.09. The maximum Gasteiger partial charge on any atom is 0.333 e. The van der Waals surface area contributed by atoms with Crippen LogP contribution in [0, 0.1) is 6.92 Å². The third-order valence-electron chi connectivity index (χ3n) is 3.51. The van der Waals surface area contributed by atoms with Crippen molar-refractivity contribution in [1.29, 1.82) is 0 Å². The Bertz CT molecular complexity index is 601. The second kappa shape index (κ2) is 7.72. The smallest absolute Gasteiger partial charge is 0.333 e. The van der Waals surface area contributed by atoms with E-state index in [4.69, 9.17) is 21.5 Å². The number of aliphatic hydroxyl groups is 1. The molecular weight excluding hydrogens is 330 g/mol. The molecule has 0 aliphatic carbocycles. The number of hydrogen-bond acceptors (Lipinski definition) is 5. The van der Waals surface area contributed by atoms with E-state index in [0.29, 0.717) is 23.4 Å². The molecule has 0 saturated carbocycles. The van der Waals surface area contributed by atoms with E-state index in [0.717, 1.165) is 5.56 Å². The fourth-order valence-electron chi connectivity index (χ4n) is 2.00. The van der Waals surface area contributed by atoms with Gasteiger partial charge in [-0.3, -0.25) is 4.18 Å². The van der Waals surface area contributed by atoms with Crippen LogP contribution in [-0.4, -0.2) is 25.9 Å². The van der Waals surface area contributed by atoms with E-state index in [2.05, 4.69) is 4.18 Å². The molecule has 0 heterocycles. The zero-order chi connectivity index (χ0) is 17.0. The molecule has 0 spiro atoms. The summed E-state index contributed by atoms with van der Waals surface area (Å²) in [5, 5.41) is 15.7. The highest BCUT2D eigenvalue weighted by molar-refractivity contribution is 7.84. The first-order valence-corrected chi connectivity index (χ1v) is 8.79. The van der Waals surface area contributed by atoms with Crippen molar-refractivity contribution in [2.45, 2.75) is 45.5 Å². The van der Waals surface area contributed by atoms with Crippen molar-refractivity contribution in [3.63, 3.8) is 0 Å². The van der Waals surface area contributed by atoms with Crippen LogP contribution in [0.1, 0.15) is 43.9 Å². The molecule has 0 fully saturated rings. The van der Waals surface area contributed by atoms with E-state index in [1.54, 1.807) is 39.0 Å². The van der Waals surface area contributed by atoms with E-state index in [-0.39, 0.29) is 6.61 Å². The first kappa shape index (κ1) is 19.3. The molecule has 0 saturated heterocycles. The highest BCUT2D eigenvalue weighted by Crippen LogP contribution is 2.32. The van der Waals surface area contributed by atoms with Gasteiger partial charge in [-0.1, -0.05) is 37.6 Å². The van der Waals surface area contributed by atoms with Gasteiger partial charge in [-0.15, -0.1) is 0 Å². The molecule has 1 aromatic carbocycles. The van der Waals surface area contributed by atoms with Crippen molar-refractivity contribution in [3.8, 4) is 0 Å². The van der Waals surface area contributed by atoms with E-state index >= 15 is 0 Å². The Morgan fingerprint density at radius 2 is 1.95 bits per heavy atom. The standard InChI is InChI=1S/C14H22ClNO5S/c1-4-14(17,5-2)21-13(9-20-22(16,18)19)11-7-6-8-12(15)10(11)3/h6-8,13,17H,4-5,9H2,1-3H3,(H2,16,18,19)/t13-/m1/s1. The Labute approximate surface area is 136 Å². The summed E-state index contributed by atoms with van der Waals surface area (Å²) in [6, 6.07) is 5.17. The van der Waals surface area contributed by atoms with Gasteiger partial charge in [0.05, 0.1) is 6.61 Å². The van der Waals surface area contributed by atoms with Crippen molar-refractivity contribution < 1.29 is 22.4 Å². The lowest BCUT2D eigenvalue weighted by atomic mass is 10.0. The molecule has 6 nitrogen and oxygen atoms in total. The average Bonchev–Trinajstić information content (AvgIpc) is 2.45. The lowest BCUT2D eigenvalue weighted by molar-refractivity contribution is -0.239. The fourth-order valence-corrected chi connectivity index (χ4v) is 2.49. The third kappa shape index (κ3) is 5.49. The van der Waals surface area contributed by atoms with E-state index in [1.165, 1.54) is 0 Å². The Morgan fingerprint density at radius 1 is 1.36 bits per heavy atom. The number of ether oxygens (including phenoxy) is 1. The monoisotopic (exact) mass is 351 g/mol. The van der Waals surface area contributed by atoms with Crippen LogP contribution in [0.15, 0.2) is 18.2 Å². The van der Waals surface area contributed by atoms with Crippen molar-refractivity contribution in [2.75, 3.05) is 6.61 Å². The minimum atomic E-state index is -4.11. The van der Waals surface area contributed by atoms with Gasteiger partial charge in [-0.2, -0.15) is 8.42 Å². The van der Waals surface area contributed by atoms with Gasteiger partial charge in [-0.25, -0.2) is 5.14 Å². The van der Waals surface area contributed by atoms with Crippen LogP contribution in [0.5, 0.6) is 0 Å². The summed E-state index contributed by atoms with van der Waals surface area (Å²) in [4.78, 5) is 0. The SMILES string of the molecule is CCC(O)(CC)O[C@H](COS(N)(=O)=O)c1cccc(Cl)c1C. The van der Waals surface area contributed by atoms with Crippen molar-refractivity contribution in [3.05, 3.63) is 34.3 Å². The molecular formula is C14H22ClNO5S. The van der Waals surface area contributed by atoms with Gasteiger partial charge < -0.3 is 9.84 Å². The second-order valence-corrected chi connectivity index (χ2v) is 6.62. The van der Waals surface area contributed by atoms with E-state index < -0.39 is 22.2 Å². The summed E-state index contributed by atoms with van der Waals surface area (Å²) < 4.78 is 32.4. The van der Waals surface area contributed by atoms with Gasteiger partial charge in [0.1, 0.15) is 6.10 Å². The molecule has 22 heavy (non-hydrogen) atoms. The topological polar surface area (TPSA) is 98.8 Å². The number of benzene rings is 1. The summed E-state index contributed by atoms with van der Waals surface area (Å²) in [6.45, 7) is 4.97. The summed E-state index contributed by atoms with van der Waals surface area (Å²) in [5.41, 5.74) is 1.36. The highest BCUT2D eigenvalue weighted by atomic mass is 35.5. The zero-order valence-electron chi connectivity index (χ0n) is 12.9. The molecule has 0 radical (unpaired) electrons. The van der Waals surface area contributed by atoms with Crippen molar-refractivity contribution >= 4 is 21.9 Å². The van der Waals surface area contributed by atoms with Crippen LogP contribution in [-0.2, 0) is 19.2 Å². The van der Waals surface area contributed by atoms with Crippen molar-refractivity contribution in [2.24, 2.45) is 5.14 Å². The molecule has 0 aromatic heterocycles. The third-order valence-corrected chi connectivity index (χ3v) is 4.38. The maximum absolute atomic E-state index is 11.0. The molecule has 0 unspecified atom stereocenters. The molecule has 1 rings (SSSR count). The fraction of sp³-hybridized carbons (Fsp3) is 0.571. The molecule has 0 aliphatic rings. The molecule has 1 atom stereocenters. The van der Waals surface area contributed by atoms with E-state index in [1.807, 2.05) is 0 Å². The van der Waals surface area contributed by atoms with Crippen LogP contribution in [0.25, 0.3) is 0 Å². The van der Waals surface area contributed by atoms with Crippen LogP contribution >= 0.6 is 11.6 Å². The Hall–Kier alpha value is -0.700. The number of hydrogen-bond donors (Lipinski definition) is 2. The lowest BCUT2D eigenvalue weighted by Gasteiger charge is -2.31. The largest absolute Gasteiger partial charge is 0.365 e. The average molecular weight is 352 g/mol. The van der Waals surface area contributed by atoms with Crippen LogP contribution < -0.4 is 5.14 Å². The molecule has 3 N–H and O–H groups in total. The molecule has 8 heteroatoms.